The molecule has 0 bridgehead atoms. The molecule has 1 heterocycles. The Kier molecular flexibility index (Phi) is 7.23. The van der Waals surface area contributed by atoms with E-state index < -0.39 is 35.0 Å². The predicted octanol–water partition coefficient (Wildman–Crippen LogP) is 8.94. The van der Waals surface area contributed by atoms with Gasteiger partial charge in [0.25, 0.3) is 0 Å². The van der Waals surface area contributed by atoms with Crippen molar-refractivity contribution in [3.63, 3.8) is 0 Å². The van der Waals surface area contributed by atoms with Crippen molar-refractivity contribution in [2.24, 2.45) is 11.7 Å². The lowest BCUT2D eigenvalue weighted by atomic mass is 9.91. The van der Waals surface area contributed by atoms with Crippen molar-refractivity contribution in [3.05, 3.63) is 117 Å². The third-order valence-corrected chi connectivity index (χ3v) is 8.36. The molecule has 0 saturated heterocycles. The summed E-state index contributed by atoms with van der Waals surface area (Å²) in [5.41, 5.74) is 7.24. The third kappa shape index (κ3) is 5.43. The van der Waals surface area contributed by atoms with Crippen LogP contribution in [0.2, 0.25) is 5.02 Å². The first-order valence-corrected chi connectivity index (χ1v) is 14.1. The Balaban J connectivity index is 1.67. The van der Waals surface area contributed by atoms with Crippen molar-refractivity contribution in [2.75, 3.05) is 0 Å². The summed E-state index contributed by atoms with van der Waals surface area (Å²) in [4.78, 5) is 16.5. The summed E-state index contributed by atoms with van der Waals surface area (Å²) in [7, 11) is 0. The SMILES string of the molecule is CC1=C(c2nc(-c3ccc(C(F)(F)F)cc3C(F)(F)F)n(CC3=CC=C(C(N)=O)CC3)c2-c2ccccc2Cl)[C@H]2C=C2C=C1. The molecule has 44 heavy (non-hydrogen) atoms. The molecule has 4 nitrogen and oxygen atoms in total. The lowest BCUT2D eigenvalue weighted by Gasteiger charge is -2.21. The lowest BCUT2D eigenvalue weighted by Crippen LogP contribution is -2.17. The zero-order valence-electron chi connectivity index (χ0n) is 23.2. The second kappa shape index (κ2) is 10.7. The number of imidazole rings is 1. The summed E-state index contributed by atoms with van der Waals surface area (Å²) in [5.74, 6) is -0.816. The predicted molar refractivity (Wildman–Crippen MR) is 156 cm³/mol. The first-order valence-electron chi connectivity index (χ1n) is 13.7. The molecule has 3 aromatic rings. The van der Waals surface area contributed by atoms with E-state index >= 15 is 0 Å². The maximum absolute atomic E-state index is 14.5. The average molecular weight is 628 g/mol. The topological polar surface area (TPSA) is 60.9 Å². The van der Waals surface area contributed by atoms with E-state index in [0.717, 1.165) is 28.4 Å². The Morgan fingerprint density at radius 2 is 1.75 bits per heavy atom. The minimum absolute atomic E-state index is 0.0386. The number of primary amides is 1. The molecule has 0 aliphatic heterocycles. The van der Waals surface area contributed by atoms with E-state index in [1.807, 2.05) is 25.2 Å². The van der Waals surface area contributed by atoms with Crippen LogP contribution in [-0.4, -0.2) is 15.5 Å². The zero-order chi connectivity index (χ0) is 31.6. The highest BCUT2D eigenvalue weighted by Gasteiger charge is 2.41. The fraction of sp³-hybridized carbons (Fsp3) is 0.212. The Morgan fingerprint density at radius 1 is 1.00 bits per heavy atom. The van der Waals surface area contributed by atoms with Gasteiger partial charge in [0.2, 0.25) is 5.91 Å². The molecule has 0 saturated carbocycles. The summed E-state index contributed by atoms with van der Waals surface area (Å²) < 4.78 is 85.7. The molecule has 0 radical (unpaired) electrons. The summed E-state index contributed by atoms with van der Waals surface area (Å²) in [6, 6.07) is 8.44. The maximum Gasteiger partial charge on any atom is 0.417 e. The highest BCUT2D eigenvalue weighted by Crippen LogP contribution is 2.51. The molecule has 3 aliphatic carbocycles. The number of fused-ring (bicyclic) bond motifs is 1. The minimum Gasteiger partial charge on any atom is -0.366 e. The van der Waals surface area contributed by atoms with E-state index in [1.54, 1.807) is 41.0 Å². The van der Waals surface area contributed by atoms with Crippen molar-refractivity contribution in [1.29, 1.82) is 0 Å². The fourth-order valence-electron chi connectivity index (χ4n) is 5.74. The van der Waals surface area contributed by atoms with Gasteiger partial charge in [-0.05, 0) is 54.7 Å². The molecule has 2 N–H and O–H groups in total. The lowest BCUT2D eigenvalue weighted by molar-refractivity contribution is -0.142. The van der Waals surface area contributed by atoms with Gasteiger partial charge in [-0.15, -0.1) is 0 Å². The molecular formula is C33H24ClF6N3O. The largest absolute Gasteiger partial charge is 0.417 e. The molecule has 1 atom stereocenters. The van der Waals surface area contributed by atoms with E-state index in [1.165, 1.54) is 0 Å². The van der Waals surface area contributed by atoms with E-state index in [-0.39, 0.29) is 24.4 Å². The Hall–Kier alpha value is -4.31. The number of carbonyl (C=O) groups is 1. The van der Waals surface area contributed by atoms with Crippen LogP contribution < -0.4 is 5.73 Å². The molecule has 1 amide bonds. The molecule has 11 heteroatoms. The summed E-state index contributed by atoms with van der Waals surface area (Å²) in [5, 5.41) is 0.326. The number of benzene rings is 2. The Labute approximate surface area is 253 Å². The van der Waals surface area contributed by atoms with Gasteiger partial charge in [-0.2, -0.15) is 26.3 Å². The van der Waals surface area contributed by atoms with Crippen LogP contribution in [0, 0.1) is 5.92 Å². The standard InChI is InChI=1S/C33H24ClF6N3O/c1-17-6-9-20-14-24(20)27(17)28-29(23-4-2-3-5-26(23)34)43(16-18-7-10-19(11-8-18)30(41)44)31(42-28)22-13-12-21(32(35,36)37)15-25(22)33(38,39)40/h2-7,9-10,12-15,24H,8,11,16H2,1H3,(H2,41,44)/t24-/m0/s1. The number of allylic oxidation sites excluding steroid dienone is 9. The first kappa shape index (κ1) is 29.7. The molecule has 0 spiro atoms. The molecule has 6 rings (SSSR count). The van der Waals surface area contributed by atoms with Crippen molar-refractivity contribution >= 4 is 23.1 Å². The van der Waals surface area contributed by atoms with Gasteiger partial charge >= 0.3 is 12.4 Å². The molecular weight excluding hydrogens is 604 g/mol. The van der Waals surface area contributed by atoms with E-state index in [9.17, 15) is 31.1 Å². The molecule has 3 aliphatic rings. The zero-order valence-corrected chi connectivity index (χ0v) is 23.9. The molecule has 0 unspecified atom stereocenters. The number of nitrogens with two attached hydrogens (primary N) is 1. The van der Waals surface area contributed by atoms with Crippen LogP contribution in [0.3, 0.4) is 0 Å². The van der Waals surface area contributed by atoms with Gasteiger partial charge in [-0.3, -0.25) is 4.79 Å². The molecule has 226 valence electrons. The smallest absolute Gasteiger partial charge is 0.366 e. The molecule has 1 aromatic heterocycles. The summed E-state index contributed by atoms with van der Waals surface area (Å²) >= 11 is 6.69. The second-order valence-corrected chi connectivity index (χ2v) is 11.3. The van der Waals surface area contributed by atoms with Crippen LogP contribution in [0.4, 0.5) is 26.3 Å². The van der Waals surface area contributed by atoms with Crippen molar-refractivity contribution < 1.29 is 31.1 Å². The summed E-state index contributed by atoms with van der Waals surface area (Å²) in [6.07, 6.45) is -0.237. The third-order valence-electron chi connectivity index (χ3n) is 8.03. The number of nitrogens with zero attached hydrogens (tertiary/aromatic N) is 2. The number of rotatable bonds is 6. The highest BCUT2D eigenvalue weighted by molar-refractivity contribution is 6.33. The number of hydrogen-bond donors (Lipinski definition) is 1. The van der Waals surface area contributed by atoms with Gasteiger partial charge in [0, 0.05) is 34.2 Å². The van der Waals surface area contributed by atoms with E-state index in [2.05, 4.69) is 0 Å². The first-order chi connectivity index (χ1) is 20.7. The normalized spacial score (nSPS) is 18.1. The maximum atomic E-state index is 14.5. The Bertz CT molecular complexity index is 1870. The van der Waals surface area contributed by atoms with Crippen LogP contribution >= 0.6 is 11.6 Å². The van der Waals surface area contributed by atoms with Crippen LogP contribution in [0.1, 0.15) is 36.6 Å². The molecule has 2 aromatic carbocycles. The van der Waals surface area contributed by atoms with E-state index in [4.69, 9.17) is 22.3 Å². The summed E-state index contributed by atoms with van der Waals surface area (Å²) in [6.45, 7) is 1.92. The van der Waals surface area contributed by atoms with Gasteiger partial charge in [0.1, 0.15) is 5.82 Å². The number of alkyl halides is 6. The van der Waals surface area contributed by atoms with Crippen LogP contribution in [0.15, 0.2) is 95.1 Å². The quantitative estimate of drug-likeness (QED) is 0.277. The van der Waals surface area contributed by atoms with Crippen molar-refractivity contribution in [1.82, 2.24) is 9.55 Å². The minimum atomic E-state index is -5.12. The second-order valence-electron chi connectivity index (χ2n) is 10.9. The number of amides is 1. The van der Waals surface area contributed by atoms with Crippen LogP contribution in [0.25, 0.3) is 28.2 Å². The van der Waals surface area contributed by atoms with Crippen molar-refractivity contribution in [2.45, 2.75) is 38.7 Å². The van der Waals surface area contributed by atoms with Crippen LogP contribution in [0.5, 0.6) is 0 Å². The van der Waals surface area contributed by atoms with E-state index in [0.29, 0.717) is 46.5 Å². The van der Waals surface area contributed by atoms with Gasteiger partial charge < -0.3 is 10.3 Å². The highest BCUT2D eigenvalue weighted by atomic mass is 35.5. The van der Waals surface area contributed by atoms with Gasteiger partial charge in [0.15, 0.2) is 0 Å². The van der Waals surface area contributed by atoms with Gasteiger partial charge in [-0.1, -0.05) is 71.8 Å². The monoisotopic (exact) mass is 627 g/mol. The van der Waals surface area contributed by atoms with Crippen LogP contribution in [-0.2, 0) is 23.7 Å². The number of aromatic nitrogens is 2. The fourth-order valence-corrected chi connectivity index (χ4v) is 5.97. The van der Waals surface area contributed by atoms with Gasteiger partial charge in [0.05, 0.1) is 22.5 Å². The number of hydrogen-bond acceptors (Lipinski definition) is 2. The number of halogens is 7. The molecule has 0 fully saturated rings. The van der Waals surface area contributed by atoms with Crippen molar-refractivity contribution in [3.8, 4) is 22.6 Å². The van der Waals surface area contributed by atoms with Gasteiger partial charge in [-0.25, -0.2) is 4.98 Å². The number of carbonyl (C=O) groups excluding carboxylic acids is 1. The Morgan fingerprint density at radius 3 is 2.39 bits per heavy atom. The average Bonchev–Trinajstić information content (AvgIpc) is 3.66.